The van der Waals surface area contributed by atoms with Gasteiger partial charge in [0.1, 0.15) is 0 Å². The van der Waals surface area contributed by atoms with Crippen LogP contribution in [0.5, 0.6) is 0 Å². The summed E-state index contributed by atoms with van der Waals surface area (Å²) in [4.78, 5) is 22.4. The minimum Gasteiger partial charge on any atom is -0.481 e. The van der Waals surface area contributed by atoms with Crippen molar-refractivity contribution >= 4 is 11.8 Å². The molecule has 2 rings (SSSR count). The number of hydrogen-bond acceptors (Lipinski definition) is 2. The van der Waals surface area contributed by atoms with Gasteiger partial charge in [-0.05, 0) is 36.8 Å². The third-order valence-corrected chi connectivity index (χ3v) is 3.26. The molecule has 0 spiro atoms. The van der Waals surface area contributed by atoms with Crippen molar-refractivity contribution in [2.45, 2.75) is 38.5 Å². The van der Waals surface area contributed by atoms with Crippen LogP contribution in [0, 0.1) is 0 Å². The number of benzene rings is 1. The Bertz CT molecular complexity index is 449. The molecule has 17 heavy (non-hydrogen) atoms. The largest absolute Gasteiger partial charge is 0.481 e. The van der Waals surface area contributed by atoms with E-state index in [1.165, 1.54) is 12.0 Å². The lowest BCUT2D eigenvalue weighted by molar-refractivity contribution is -0.136. The summed E-state index contributed by atoms with van der Waals surface area (Å²) in [5.41, 5.74) is 3.15. The van der Waals surface area contributed by atoms with Crippen LogP contribution in [0.4, 0.5) is 0 Å². The predicted molar refractivity (Wildman–Crippen MR) is 64.3 cm³/mol. The maximum absolute atomic E-state index is 12.0. The summed E-state index contributed by atoms with van der Waals surface area (Å²) in [5, 5.41) is 8.60. The Morgan fingerprint density at radius 1 is 1.12 bits per heavy atom. The molecule has 0 saturated heterocycles. The van der Waals surface area contributed by atoms with E-state index in [-0.39, 0.29) is 18.6 Å². The molecule has 1 aromatic rings. The monoisotopic (exact) mass is 232 g/mol. The third-order valence-electron chi connectivity index (χ3n) is 3.26. The Kier molecular flexibility index (Phi) is 3.57. The molecule has 0 fully saturated rings. The van der Waals surface area contributed by atoms with Crippen LogP contribution in [0.1, 0.15) is 47.2 Å². The highest BCUT2D eigenvalue weighted by Gasteiger charge is 2.17. The van der Waals surface area contributed by atoms with Gasteiger partial charge in [-0.1, -0.05) is 18.2 Å². The van der Waals surface area contributed by atoms with Crippen molar-refractivity contribution in [1.29, 1.82) is 0 Å². The fourth-order valence-corrected chi connectivity index (χ4v) is 2.40. The number of aliphatic carboxylic acids is 1. The van der Waals surface area contributed by atoms with Gasteiger partial charge in [-0.3, -0.25) is 9.59 Å². The minimum absolute atomic E-state index is 0.0360. The fourth-order valence-electron chi connectivity index (χ4n) is 2.40. The lowest BCUT2D eigenvalue weighted by atomic mass is 9.86. The summed E-state index contributed by atoms with van der Waals surface area (Å²) in [6.45, 7) is 0. The molecule has 0 aliphatic heterocycles. The number of ketones is 1. The van der Waals surface area contributed by atoms with Crippen LogP contribution in [0.3, 0.4) is 0 Å². The van der Waals surface area contributed by atoms with Crippen molar-refractivity contribution in [2.24, 2.45) is 0 Å². The Hall–Kier alpha value is -1.64. The van der Waals surface area contributed by atoms with E-state index in [1.54, 1.807) is 0 Å². The number of carbonyl (C=O) groups excluding carboxylic acids is 1. The van der Waals surface area contributed by atoms with Gasteiger partial charge in [0.2, 0.25) is 0 Å². The van der Waals surface area contributed by atoms with Crippen molar-refractivity contribution < 1.29 is 14.7 Å². The average molecular weight is 232 g/mol. The van der Waals surface area contributed by atoms with Gasteiger partial charge in [0.05, 0.1) is 6.42 Å². The minimum atomic E-state index is -0.914. The van der Waals surface area contributed by atoms with Crippen LogP contribution >= 0.6 is 0 Å². The molecule has 0 aromatic heterocycles. The zero-order valence-corrected chi connectivity index (χ0v) is 9.74. The summed E-state index contributed by atoms with van der Waals surface area (Å²) >= 11 is 0. The summed E-state index contributed by atoms with van der Waals surface area (Å²) in [6, 6.07) is 5.80. The van der Waals surface area contributed by atoms with E-state index in [4.69, 9.17) is 5.11 Å². The topological polar surface area (TPSA) is 54.4 Å². The summed E-state index contributed by atoms with van der Waals surface area (Å²) in [5.74, 6) is -0.950. The second kappa shape index (κ2) is 5.13. The number of fused-ring (bicyclic) bond motifs is 1. The molecule has 1 aliphatic carbocycles. The normalized spacial score (nSPS) is 14.1. The predicted octanol–water partition coefficient (Wildman–Crippen LogP) is 2.61. The molecular formula is C14H16O3. The molecule has 3 nitrogen and oxygen atoms in total. The van der Waals surface area contributed by atoms with Gasteiger partial charge < -0.3 is 5.11 Å². The van der Waals surface area contributed by atoms with Gasteiger partial charge in [-0.25, -0.2) is 0 Å². The van der Waals surface area contributed by atoms with Gasteiger partial charge in [0.15, 0.2) is 5.78 Å². The molecule has 1 aromatic carbocycles. The second-order valence-electron chi connectivity index (χ2n) is 4.47. The number of rotatable bonds is 4. The van der Waals surface area contributed by atoms with Crippen molar-refractivity contribution in [3.8, 4) is 0 Å². The van der Waals surface area contributed by atoms with E-state index < -0.39 is 5.97 Å². The molecule has 0 amide bonds. The number of carboxylic acids is 1. The molecule has 3 heteroatoms. The van der Waals surface area contributed by atoms with Crippen molar-refractivity contribution in [3.63, 3.8) is 0 Å². The third kappa shape index (κ3) is 2.73. The van der Waals surface area contributed by atoms with Crippen molar-refractivity contribution in [1.82, 2.24) is 0 Å². The number of carboxylic acid groups (broad SMARTS) is 1. The maximum atomic E-state index is 12.0. The number of hydrogen-bond donors (Lipinski definition) is 1. The highest BCUT2D eigenvalue weighted by Crippen LogP contribution is 2.25. The SMILES string of the molecule is O=C(O)CCC(=O)c1cccc2c1CCCC2. The highest BCUT2D eigenvalue weighted by atomic mass is 16.4. The molecule has 0 unspecified atom stereocenters. The molecule has 0 atom stereocenters. The van der Waals surface area contributed by atoms with Gasteiger partial charge in [0.25, 0.3) is 0 Å². The Morgan fingerprint density at radius 3 is 2.65 bits per heavy atom. The van der Waals surface area contributed by atoms with E-state index in [0.29, 0.717) is 0 Å². The number of carbonyl (C=O) groups is 2. The van der Waals surface area contributed by atoms with Crippen LogP contribution in [0.25, 0.3) is 0 Å². The summed E-state index contributed by atoms with van der Waals surface area (Å²) in [6.07, 6.45) is 4.31. The number of aryl methyl sites for hydroxylation is 1. The molecule has 1 aliphatic rings. The highest BCUT2D eigenvalue weighted by molar-refractivity contribution is 5.99. The maximum Gasteiger partial charge on any atom is 0.303 e. The van der Waals surface area contributed by atoms with Crippen molar-refractivity contribution in [2.75, 3.05) is 0 Å². The van der Waals surface area contributed by atoms with Crippen molar-refractivity contribution in [3.05, 3.63) is 34.9 Å². The first kappa shape index (κ1) is 11.8. The molecule has 0 radical (unpaired) electrons. The standard InChI is InChI=1S/C14H16O3/c15-13(8-9-14(16)17)12-7-3-5-10-4-1-2-6-11(10)12/h3,5,7H,1-2,4,6,8-9H2,(H,16,17). The molecule has 0 saturated carbocycles. The molecule has 1 N–H and O–H groups in total. The van der Waals surface area contributed by atoms with Crippen LogP contribution in [-0.2, 0) is 17.6 Å². The zero-order chi connectivity index (χ0) is 12.3. The lowest BCUT2D eigenvalue weighted by Gasteiger charge is -2.18. The van der Waals surface area contributed by atoms with Gasteiger partial charge >= 0.3 is 5.97 Å². The van der Waals surface area contributed by atoms with Crippen LogP contribution in [0.2, 0.25) is 0 Å². The molecule has 0 heterocycles. The molecule has 0 bridgehead atoms. The van der Waals surface area contributed by atoms with Crippen LogP contribution in [0.15, 0.2) is 18.2 Å². The van der Waals surface area contributed by atoms with E-state index in [1.807, 2.05) is 12.1 Å². The quantitative estimate of drug-likeness (QED) is 0.812. The van der Waals surface area contributed by atoms with Gasteiger partial charge in [-0.15, -0.1) is 0 Å². The van der Waals surface area contributed by atoms with Gasteiger partial charge in [0, 0.05) is 12.0 Å². The zero-order valence-electron chi connectivity index (χ0n) is 9.74. The number of Topliss-reactive ketones (excluding diaryl/α,β-unsaturated/α-hetero) is 1. The first-order chi connectivity index (χ1) is 8.18. The van der Waals surface area contributed by atoms with E-state index in [0.717, 1.165) is 30.4 Å². The Labute approximate surface area is 100 Å². The second-order valence-corrected chi connectivity index (χ2v) is 4.47. The van der Waals surface area contributed by atoms with Crippen LogP contribution < -0.4 is 0 Å². The summed E-state index contributed by atoms with van der Waals surface area (Å²) < 4.78 is 0. The first-order valence-electron chi connectivity index (χ1n) is 6.04. The summed E-state index contributed by atoms with van der Waals surface area (Å²) in [7, 11) is 0. The Balaban J connectivity index is 2.20. The smallest absolute Gasteiger partial charge is 0.303 e. The van der Waals surface area contributed by atoms with E-state index in [9.17, 15) is 9.59 Å². The average Bonchev–Trinajstić information content (AvgIpc) is 2.35. The Morgan fingerprint density at radius 2 is 1.88 bits per heavy atom. The van der Waals surface area contributed by atoms with Gasteiger partial charge in [-0.2, -0.15) is 0 Å². The van der Waals surface area contributed by atoms with E-state index >= 15 is 0 Å². The lowest BCUT2D eigenvalue weighted by Crippen LogP contribution is -2.11. The molecular weight excluding hydrogens is 216 g/mol. The molecule has 90 valence electrons. The van der Waals surface area contributed by atoms with E-state index in [2.05, 4.69) is 6.07 Å². The first-order valence-corrected chi connectivity index (χ1v) is 6.04. The fraction of sp³-hybridized carbons (Fsp3) is 0.429. The van der Waals surface area contributed by atoms with Crippen LogP contribution in [-0.4, -0.2) is 16.9 Å².